The lowest BCUT2D eigenvalue weighted by molar-refractivity contribution is -0.183. The summed E-state index contributed by atoms with van der Waals surface area (Å²) in [5.41, 5.74) is -4.47. The maximum Gasteiger partial charge on any atom is 0.329 e. The Morgan fingerprint density at radius 3 is 2.09 bits per heavy atom. The predicted molar refractivity (Wildman–Crippen MR) is 106 cm³/mol. The Morgan fingerprint density at radius 2 is 1.48 bits per heavy atom. The van der Waals surface area contributed by atoms with Crippen molar-refractivity contribution in [2.45, 2.75) is 11.5 Å². The topological polar surface area (TPSA) is 59.2 Å². The molecule has 4 rings (SSSR count). The molecule has 1 atom stereocenters. The normalized spacial score (nSPS) is 13.2. The molecule has 0 saturated carbocycles. The van der Waals surface area contributed by atoms with Crippen LogP contribution in [0.4, 0.5) is 22.0 Å². The summed E-state index contributed by atoms with van der Waals surface area (Å²) in [6.45, 7) is 0. The minimum absolute atomic E-state index is 0.259. The average molecular weight is 456 g/mol. The van der Waals surface area contributed by atoms with Gasteiger partial charge in [-0.3, -0.25) is 4.98 Å². The number of pyridine rings is 1. The maximum absolute atomic E-state index is 15.6. The number of benzene rings is 2. The van der Waals surface area contributed by atoms with Crippen LogP contribution in [0.3, 0.4) is 0 Å². The van der Waals surface area contributed by atoms with E-state index in [1.807, 2.05) is 0 Å². The number of rotatable bonds is 4. The molecule has 0 spiro atoms. The molecule has 0 fully saturated rings. The van der Waals surface area contributed by atoms with Gasteiger partial charge in [-0.25, -0.2) is 18.2 Å². The van der Waals surface area contributed by atoms with E-state index >= 15 is 8.78 Å². The second kappa shape index (κ2) is 8.48. The SMILES string of the molecule is OC(c1cnco1)(c1ccc(F)cc1F)C(F)(F)c1ccc(C#Cc2ccc(F)cc2)cn1. The zero-order valence-electron chi connectivity index (χ0n) is 16.6. The number of oxazole rings is 1. The van der Waals surface area contributed by atoms with Crippen LogP contribution in [0.2, 0.25) is 0 Å². The van der Waals surface area contributed by atoms with E-state index in [0.717, 1.165) is 30.9 Å². The third-order valence-electron chi connectivity index (χ3n) is 4.84. The van der Waals surface area contributed by atoms with Gasteiger partial charge in [0.05, 0.1) is 6.20 Å². The predicted octanol–water partition coefficient (Wildman–Crippen LogP) is 4.91. The van der Waals surface area contributed by atoms with E-state index in [4.69, 9.17) is 4.42 Å². The van der Waals surface area contributed by atoms with E-state index in [9.17, 15) is 18.3 Å². The van der Waals surface area contributed by atoms with Crippen LogP contribution in [-0.4, -0.2) is 15.1 Å². The number of hydrogen-bond donors (Lipinski definition) is 1. The summed E-state index contributed by atoms with van der Waals surface area (Å²) in [4.78, 5) is 7.22. The summed E-state index contributed by atoms with van der Waals surface area (Å²) in [6, 6.07) is 9.30. The van der Waals surface area contributed by atoms with Crippen molar-refractivity contribution < 1.29 is 31.5 Å². The standard InChI is InChI=1S/C24H13F5N2O2/c25-17-6-3-15(4-7-17)1-2-16-5-10-21(31-12-16)24(28,29)23(32,22-13-30-14-33-22)19-9-8-18(26)11-20(19)27/h3-14,32H. The molecule has 9 heteroatoms. The molecule has 4 nitrogen and oxygen atoms in total. The molecule has 1 unspecified atom stereocenters. The third-order valence-corrected chi connectivity index (χ3v) is 4.84. The van der Waals surface area contributed by atoms with E-state index in [0.29, 0.717) is 17.7 Å². The van der Waals surface area contributed by atoms with Crippen molar-refractivity contribution in [1.82, 2.24) is 9.97 Å². The molecule has 166 valence electrons. The summed E-state index contributed by atoms with van der Waals surface area (Å²) in [7, 11) is 0. The largest absolute Gasteiger partial charge is 0.445 e. The zero-order chi connectivity index (χ0) is 23.6. The molecule has 0 aliphatic carbocycles. The van der Waals surface area contributed by atoms with Gasteiger partial charge in [0.2, 0.25) is 5.60 Å². The first-order valence-electron chi connectivity index (χ1n) is 9.40. The number of alkyl halides is 2. The maximum atomic E-state index is 15.6. The van der Waals surface area contributed by atoms with Crippen molar-refractivity contribution in [3.05, 3.63) is 119 Å². The minimum Gasteiger partial charge on any atom is -0.445 e. The number of nitrogens with zero attached hydrogens (tertiary/aromatic N) is 2. The number of aliphatic hydroxyl groups is 1. The number of aromatic nitrogens is 2. The van der Waals surface area contributed by atoms with Crippen molar-refractivity contribution in [1.29, 1.82) is 0 Å². The van der Waals surface area contributed by atoms with Crippen LogP contribution in [0.15, 0.2) is 77.8 Å². The van der Waals surface area contributed by atoms with Gasteiger partial charge in [0.1, 0.15) is 23.1 Å². The van der Waals surface area contributed by atoms with E-state index < -0.39 is 46.0 Å². The number of halogens is 5. The van der Waals surface area contributed by atoms with Crippen LogP contribution in [0, 0.1) is 29.3 Å². The lowest BCUT2D eigenvalue weighted by atomic mass is 9.83. The Labute approximate surface area is 184 Å². The average Bonchev–Trinajstić information content (AvgIpc) is 3.34. The molecule has 0 aliphatic rings. The molecule has 0 saturated heterocycles. The molecule has 0 aliphatic heterocycles. The van der Waals surface area contributed by atoms with Gasteiger partial charge < -0.3 is 9.52 Å². The van der Waals surface area contributed by atoms with Crippen LogP contribution < -0.4 is 0 Å². The lowest BCUT2D eigenvalue weighted by Crippen LogP contribution is -2.45. The molecule has 4 aromatic rings. The minimum atomic E-state index is -4.23. The Hall–Kier alpha value is -4.03. The van der Waals surface area contributed by atoms with Crippen molar-refractivity contribution in [3.8, 4) is 11.8 Å². The van der Waals surface area contributed by atoms with Crippen LogP contribution in [0.5, 0.6) is 0 Å². The van der Waals surface area contributed by atoms with Crippen molar-refractivity contribution in [2.24, 2.45) is 0 Å². The van der Waals surface area contributed by atoms with Gasteiger partial charge in [-0.1, -0.05) is 11.8 Å². The fourth-order valence-electron chi connectivity index (χ4n) is 3.15. The highest BCUT2D eigenvalue weighted by Crippen LogP contribution is 2.49. The van der Waals surface area contributed by atoms with Crippen molar-refractivity contribution in [2.75, 3.05) is 0 Å². The van der Waals surface area contributed by atoms with Crippen LogP contribution in [0.25, 0.3) is 0 Å². The molecule has 33 heavy (non-hydrogen) atoms. The summed E-state index contributed by atoms with van der Waals surface area (Å²) in [6.07, 6.45) is 2.64. The van der Waals surface area contributed by atoms with Gasteiger partial charge in [0, 0.05) is 29.0 Å². The Morgan fingerprint density at radius 1 is 0.818 bits per heavy atom. The molecule has 0 amide bonds. The van der Waals surface area contributed by atoms with Gasteiger partial charge in [-0.2, -0.15) is 8.78 Å². The van der Waals surface area contributed by atoms with Crippen LogP contribution >= 0.6 is 0 Å². The first kappa shape index (κ1) is 22.2. The summed E-state index contributed by atoms with van der Waals surface area (Å²) < 4.78 is 76.9. The van der Waals surface area contributed by atoms with Crippen molar-refractivity contribution in [3.63, 3.8) is 0 Å². The first-order valence-corrected chi connectivity index (χ1v) is 9.40. The summed E-state index contributed by atoms with van der Waals surface area (Å²) >= 11 is 0. The fourth-order valence-corrected chi connectivity index (χ4v) is 3.15. The van der Waals surface area contributed by atoms with Gasteiger partial charge >= 0.3 is 5.92 Å². The Balaban J connectivity index is 1.74. The molecular formula is C24H13F5N2O2. The molecule has 0 bridgehead atoms. The van der Waals surface area contributed by atoms with Crippen LogP contribution in [0.1, 0.15) is 28.1 Å². The van der Waals surface area contributed by atoms with Gasteiger partial charge in [-0.15, -0.1) is 0 Å². The second-order valence-corrected chi connectivity index (χ2v) is 6.96. The lowest BCUT2D eigenvalue weighted by Gasteiger charge is -2.34. The summed E-state index contributed by atoms with van der Waals surface area (Å²) in [5.74, 6) is -2.40. The first-order chi connectivity index (χ1) is 15.7. The fraction of sp³-hybridized carbons (Fsp3) is 0.0833. The molecule has 1 N–H and O–H groups in total. The number of hydrogen-bond acceptors (Lipinski definition) is 4. The van der Waals surface area contributed by atoms with Crippen LogP contribution in [-0.2, 0) is 11.5 Å². The van der Waals surface area contributed by atoms with Gasteiger partial charge in [0.25, 0.3) is 0 Å². The van der Waals surface area contributed by atoms with E-state index in [1.165, 1.54) is 30.3 Å². The molecule has 0 radical (unpaired) electrons. The highest BCUT2D eigenvalue weighted by molar-refractivity contribution is 5.43. The van der Waals surface area contributed by atoms with Gasteiger partial charge in [0.15, 0.2) is 12.2 Å². The Kier molecular flexibility index (Phi) is 5.70. The monoisotopic (exact) mass is 456 g/mol. The highest BCUT2D eigenvalue weighted by Gasteiger charge is 2.60. The smallest absolute Gasteiger partial charge is 0.329 e. The quantitative estimate of drug-likeness (QED) is 0.350. The van der Waals surface area contributed by atoms with E-state index in [2.05, 4.69) is 21.8 Å². The molecule has 2 heterocycles. The third kappa shape index (κ3) is 4.08. The Bertz CT molecular complexity index is 1330. The second-order valence-electron chi connectivity index (χ2n) is 6.96. The van der Waals surface area contributed by atoms with Crippen molar-refractivity contribution >= 4 is 0 Å². The summed E-state index contributed by atoms with van der Waals surface area (Å²) in [5, 5.41) is 11.1. The molecule has 2 aromatic heterocycles. The van der Waals surface area contributed by atoms with E-state index in [-0.39, 0.29) is 5.56 Å². The molecule has 2 aromatic carbocycles. The van der Waals surface area contributed by atoms with E-state index in [1.54, 1.807) is 0 Å². The zero-order valence-corrected chi connectivity index (χ0v) is 16.6. The highest BCUT2D eigenvalue weighted by atomic mass is 19.3. The van der Waals surface area contributed by atoms with Gasteiger partial charge in [-0.05, 0) is 48.5 Å². The molecular weight excluding hydrogens is 443 g/mol.